The molecule has 0 aliphatic rings. The standard InChI is InChI=1S/C14H15N5O2/c1-2-5-18-9-16-17-13(18)7-19-8-15-11-4-3-10(14(20)21)6-12(11)19/h3-4,6,8-9H,2,5,7H2,1H3,(H,20,21). The molecule has 21 heavy (non-hydrogen) atoms. The van der Waals surface area contributed by atoms with Gasteiger partial charge in [0.25, 0.3) is 0 Å². The summed E-state index contributed by atoms with van der Waals surface area (Å²) in [5, 5.41) is 17.1. The van der Waals surface area contributed by atoms with E-state index in [1.807, 2.05) is 9.13 Å². The minimum absolute atomic E-state index is 0.249. The Bertz CT molecular complexity index is 790. The summed E-state index contributed by atoms with van der Waals surface area (Å²) in [7, 11) is 0. The molecule has 0 radical (unpaired) electrons. The van der Waals surface area contributed by atoms with Gasteiger partial charge in [0, 0.05) is 6.54 Å². The molecule has 1 N–H and O–H groups in total. The fourth-order valence-corrected chi connectivity index (χ4v) is 2.30. The van der Waals surface area contributed by atoms with Crippen molar-refractivity contribution in [1.82, 2.24) is 24.3 Å². The Morgan fingerprint density at radius 3 is 2.90 bits per heavy atom. The highest BCUT2D eigenvalue weighted by Gasteiger charge is 2.10. The lowest BCUT2D eigenvalue weighted by Gasteiger charge is -2.06. The summed E-state index contributed by atoms with van der Waals surface area (Å²) in [6.07, 6.45) is 4.40. The van der Waals surface area contributed by atoms with Crippen molar-refractivity contribution in [3.63, 3.8) is 0 Å². The van der Waals surface area contributed by atoms with Crippen LogP contribution in [0.4, 0.5) is 0 Å². The average molecular weight is 285 g/mol. The molecule has 7 nitrogen and oxygen atoms in total. The van der Waals surface area contributed by atoms with Crippen molar-refractivity contribution in [3.05, 3.63) is 42.2 Å². The molecule has 0 unspecified atom stereocenters. The fourth-order valence-electron chi connectivity index (χ4n) is 2.30. The van der Waals surface area contributed by atoms with E-state index in [0.29, 0.717) is 6.54 Å². The zero-order valence-electron chi connectivity index (χ0n) is 11.6. The predicted molar refractivity (Wildman–Crippen MR) is 76.1 cm³/mol. The first-order valence-electron chi connectivity index (χ1n) is 6.74. The third-order valence-corrected chi connectivity index (χ3v) is 3.34. The number of imidazole rings is 1. The third-order valence-electron chi connectivity index (χ3n) is 3.34. The summed E-state index contributed by atoms with van der Waals surface area (Å²) in [5.74, 6) is -0.115. The molecule has 3 rings (SSSR count). The molecular formula is C14H15N5O2. The first-order valence-corrected chi connectivity index (χ1v) is 6.74. The van der Waals surface area contributed by atoms with E-state index >= 15 is 0 Å². The van der Waals surface area contributed by atoms with Gasteiger partial charge in [-0.05, 0) is 24.6 Å². The Morgan fingerprint density at radius 1 is 1.29 bits per heavy atom. The van der Waals surface area contributed by atoms with Gasteiger partial charge in [0.1, 0.15) is 6.33 Å². The lowest BCUT2D eigenvalue weighted by atomic mass is 10.2. The van der Waals surface area contributed by atoms with Gasteiger partial charge in [0.2, 0.25) is 0 Å². The summed E-state index contributed by atoms with van der Waals surface area (Å²) < 4.78 is 3.88. The van der Waals surface area contributed by atoms with Gasteiger partial charge in [0.15, 0.2) is 5.82 Å². The number of hydrogen-bond acceptors (Lipinski definition) is 4. The van der Waals surface area contributed by atoms with E-state index < -0.39 is 5.97 Å². The van der Waals surface area contributed by atoms with Crippen molar-refractivity contribution in [2.75, 3.05) is 0 Å². The third kappa shape index (κ3) is 2.49. The van der Waals surface area contributed by atoms with E-state index in [2.05, 4.69) is 22.1 Å². The molecule has 1 aromatic carbocycles. The second-order valence-corrected chi connectivity index (χ2v) is 4.82. The van der Waals surface area contributed by atoms with Crippen LogP contribution in [-0.4, -0.2) is 35.4 Å². The summed E-state index contributed by atoms with van der Waals surface area (Å²) in [6.45, 7) is 3.46. The lowest BCUT2D eigenvalue weighted by molar-refractivity contribution is 0.0697. The van der Waals surface area contributed by atoms with Gasteiger partial charge in [-0.2, -0.15) is 0 Å². The molecule has 0 aliphatic carbocycles. The number of carboxylic acid groups (broad SMARTS) is 1. The number of carboxylic acids is 1. The van der Waals surface area contributed by atoms with Crippen molar-refractivity contribution in [2.24, 2.45) is 0 Å². The highest BCUT2D eigenvalue weighted by atomic mass is 16.4. The van der Waals surface area contributed by atoms with Crippen molar-refractivity contribution >= 4 is 17.0 Å². The van der Waals surface area contributed by atoms with Crippen LogP contribution in [0.1, 0.15) is 29.5 Å². The first-order chi connectivity index (χ1) is 10.2. The van der Waals surface area contributed by atoms with E-state index in [4.69, 9.17) is 5.11 Å². The quantitative estimate of drug-likeness (QED) is 0.772. The number of aromatic nitrogens is 5. The Hall–Kier alpha value is -2.70. The number of aromatic carboxylic acids is 1. The zero-order chi connectivity index (χ0) is 14.8. The van der Waals surface area contributed by atoms with Crippen LogP contribution in [0.3, 0.4) is 0 Å². The summed E-state index contributed by atoms with van der Waals surface area (Å²) in [5.41, 5.74) is 1.79. The molecule has 2 heterocycles. The first kappa shape index (κ1) is 13.3. The number of aryl methyl sites for hydroxylation is 1. The number of nitrogens with zero attached hydrogens (tertiary/aromatic N) is 5. The maximum atomic E-state index is 11.1. The molecule has 0 saturated heterocycles. The highest BCUT2D eigenvalue weighted by Crippen LogP contribution is 2.16. The number of benzene rings is 1. The summed E-state index contributed by atoms with van der Waals surface area (Å²) in [6, 6.07) is 4.90. The van der Waals surface area contributed by atoms with Crippen LogP contribution in [-0.2, 0) is 13.1 Å². The molecular weight excluding hydrogens is 270 g/mol. The number of fused-ring (bicyclic) bond motifs is 1. The van der Waals surface area contributed by atoms with Crippen molar-refractivity contribution in [3.8, 4) is 0 Å². The number of rotatable bonds is 5. The van der Waals surface area contributed by atoms with Crippen LogP contribution in [0.2, 0.25) is 0 Å². The van der Waals surface area contributed by atoms with E-state index in [0.717, 1.165) is 29.8 Å². The van der Waals surface area contributed by atoms with Crippen LogP contribution in [0, 0.1) is 0 Å². The topological polar surface area (TPSA) is 85.8 Å². The van der Waals surface area contributed by atoms with Crippen molar-refractivity contribution in [2.45, 2.75) is 26.4 Å². The van der Waals surface area contributed by atoms with Gasteiger partial charge in [-0.1, -0.05) is 6.92 Å². The zero-order valence-corrected chi connectivity index (χ0v) is 11.6. The normalized spacial score (nSPS) is 11.1. The van der Waals surface area contributed by atoms with Gasteiger partial charge in [-0.15, -0.1) is 10.2 Å². The van der Waals surface area contributed by atoms with Gasteiger partial charge in [-0.3, -0.25) is 0 Å². The van der Waals surface area contributed by atoms with Crippen molar-refractivity contribution in [1.29, 1.82) is 0 Å². The van der Waals surface area contributed by atoms with Crippen molar-refractivity contribution < 1.29 is 9.90 Å². The molecule has 3 aromatic rings. The molecule has 2 aromatic heterocycles. The molecule has 7 heteroatoms. The molecule has 0 bridgehead atoms. The van der Waals surface area contributed by atoms with Crippen LogP contribution < -0.4 is 0 Å². The van der Waals surface area contributed by atoms with Gasteiger partial charge in [0.05, 0.1) is 29.5 Å². The predicted octanol–water partition coefficient (Wildman–Crippen LogP) is 1.78. The van der Waals surface area contributed by atoms with E-state index in [1.165, 1.54) is 0 Å². The Kier molecular flexibility index (Phi) is 3.39. The minimum Gasteiger partial charge on any atom is -0.478 e. The van der Waals surface area contributed by atoms with Crippen LogP contribution >= 0.6 is 0 Å². The SMILES string of the molecule is CCCn1cnnc1Cn1cnc2ccc(C(=O)O)cc21. The van der Waals surface area contributed by atoms with Crippen LogP contribution in [0.15, 0.2) is 30.9 Å². The van der Waals surface area contributed by atoms with E-state index in [9.17, 15) is 4.79 Å². The second kappa shape index (κ2) is 5.35. The minimum atomic E-state index is -0.946. The molecule has 0 fully saturated rings. The van der Waals surface area contributed by atoms with Gasteiger partial charge >= 0.3 is 5.97 Å². The molecule has 108 valence electrons. The maximum absolute atomic E-state index is 11.1. The largest absolute Gasteiger partial charge is 0.478 e. The van der Waals surface area contributed by atoms with Gasteiger partial charge < -0.3 is 14.2 Å². The monoisotopic (exact) mass is 285 g/mol. The van der Waals surface area contributed by atoms with Gasteiger partial charge in [-0.25, -0.2) is 9.78 Å². The van der Waals surface area contributed by atoms with Crippen LogP contribution in [0.25, 0.3) is 11.0 Å². The Morgan fingerprint density at radius 2 is 2.14 bits per heavy atom. The highest BCUT2D eigenvalue weighted by molar-refractivity contribution is 5.92. The molecule has 0 amide bonds. The van der Waals surface area contributed by atoms with Crippen LogP contribution in [0.5, 0.6) is 0 Å². The Balaban J connectivity index is 1.98. The second-order valence-electron chi connectivity index (χ2n) is 4.82. The smallest absolute Gasteiger partial charge is 0.335 e. The molecule has 0 spiro atoms. The summed E-state index contributed by atoms with van der Waals surface area (Å²) in [4.78, 5) is 15.4. The van der Waals surface area contributed by atoms with E-state index in [-0.39, 0.29) is 5.56 Å². The maximum Gasteiger partial charge on any atom is 0.335 e. The molecule has 0 saturated carbocycles. The number of hydrogen-bond donors (Lipinski definition) is 1. The average Bonchev–Trinajstić information content (AvgIpc) is 3.07. The fraction of sp³-hybridized carbons (Fsp3) is 0.286. The lowest BCUT2D eigenvalue weighted by Crippen LogP contribution is -2.08. The summed E-state index contributed by atoms with van der Waals surface area (Å²) >= 11 is 0. The number of carbonyl (C=O) groups is 1. The van der Waals surface area contributed by atoms with E-state index in [1.54, 1.807) is 30.9 Å². The molecule has 0 aliphatic heterocycles. The Labute approximate surface area is 120 Å². The molecule has 0 atom stereocenters.